The lowest BCUT2D eigenvalue weighted by atomic mass is 10.1. The van der Waals surface area contributed by atoms with Crippen LogP contribution in [0.2, 0.25) is 5.02 Å². The van der Waals surface area contributed by atoms with E-state index in [0.717, 1.165) is 31.4 Å². The molecule has 0 aliphatic carbocycles. The van der Waals surface area contributed by atoms with Crippen molar-refractivity contribution >= 4 is 22.6 Å². The summed E-state index contributed by atoms with van der Waals surface area (Å²) in [7, 11) is 0. The minimum Gasteiger partial charge on any atom is -0.317 e. The number of aromatic nitrogens is 2. The second-order valence-corrected chi connectivity index (χ2v) is 4.82. The quantitative estimate of drug-likeness (QED) is 0.846. The van der Waals surface area contributed by atoms with Gasteiger partial charge in [-0.25, -0.2) is 5.11 Å². The maximum atomic E-state index is 11.9. The third kappa shape index (κ3) is 1.87. The second kappa shape index (κ2) is 4.20. The van der Waals surface area contributed by atoms with E-state index in [1.807, 2.05) is 16.7 Å². The summed E-state index contributed by atoms with van der Waals surface area (Å²) in [6.07, 6.45) is 1.95. The van der Waals surface area contributed by atoms with Crippen LogP contribution in [0.25, 0.3) is 11.0 Å². The summed E-state index contributed by atoms with van der Waals surface area (Å²) in [6.45, 7) is 1.91. The number of nitrogens with one attached hydrogen (secondary N) is 1. The lowest BCUT2D eigenvalue weighted by Gasteiger charge is -2.24. The van der Waals surface area contributed by atoms with E-state index in [1.54, 1.807) is 6.07 Å². The molecule has 3 rings (SSSR count). The van der Waals surface area contributed by atoms with E-state index in [4.69, 9.17) is 11.6 Å². The summed E-state index contributed by atoms with van der Waals surface area (Å²) >= 11 is 5.90. The molecule has 0 spiro atoms. The molecule has 1 N–H and O–H groups in total. The van der Waals surface area contributed by atoms with E-state index < -0.39 is 0 Å². The van der Waals surface area contributed by atoms with Gasteiger partial charge >= 0.3 is 6.01 Å². The van der Waals surface area contributed by atoms with Crippen LogP contribution in [0, 0.1) is 0 Å². The van der Waals surface area contributed by atoms with Gasteiger partial charge < -0.3 is 5.32 Å². The molecule has 0 unspecified atom stereocenters. The lowest BCUT2D eigenvalue weighted by molar-refractivity contribution is 0.267. The Labute approximate surface area is 104 Å². The lowest BCUT2D eigenvalue weighted by Crippen LogP contribution is -2.29. The van der Waals surface area contributed by atoms with Crippen molar-refractivity contribution in [3.63, 3.8) is 0 Å². The molecule has 1 aromatic heterocycles. The van der Waals surface area contributed by atoms with Crippen LogP contribution in [0.1, 0.15) is 18.9 Å². The molecule has 1 radical (unpaired) electrons. The average molecular weight is 251 g/mol. The fraction of sp³-hybridized carbons (Fsp3) is 0.417. The van der Waals surface area contributed by atoms with Crippen molar-refractivity contribution in [2.75, 3.05) is 13.1 Å². The fourth-order valence-corrected chi connectivity index (χ4v) is 2.63. The van der Waals surface area contributed by atoms with E-state index in [1.165, 1.54) is 0 Å². The van der Waals surface area contributed by atoms with Gasteiger partial charge in [0.15, 0.2) is 0 Å². The van der Waals surface area contributed by atoms with Crippen LogP contribution in [0.4, 0.5) is 0 Å². The Balaban J connectivity index is 2.11. The highest BCUT2D eigenvalue weighted by Crippen LogP contribution is 2.31. The largest absolute Gasteiger partial charge is 0.348 e. The van der Waals surface area contributed by atoms with Gasteiger partial charge in [0, 0.05) is 11.1 Å². The molecule has 89 valence electrons. The number of hydrogen-bond donors (Lipinski definition) is 1. The summed E-state index contributed by atoms with van der Waals surface area (Å²) in [5.41, 5.74) is 1.59. The molecular formula is C12H13ClN3O. The van der Waals surface area contributed by atoms with Gasteiger partial charge in [-0.05, 0) is 44.1 Å². The Morgan fingerprint density at radius 2 is 2.12 bits per heavy atom. The third-order valence-corrected chi connectivity index (χ3v) is 3.53. The summed E-state index contributed by atoms with van der Waals surface area (Å²) in [5.74, 6) is 0. The minimum absolute atomic E-state index is 0.158. The number of imidazole rings is 1. The Hall–Kier alpha value is -1.26. The molecule has 1 aliphatic rings. The zero-order chi connectivity index (χ0) is 11.8. The van der Waals surface area contributed by atoms with Gasteiger partial charge in [-0.3, -0.25) is 4.57 Å². The highest BCUT2D eigenvalue weighted by molar-refractivity contribution is 6.31. The molecule has 1 aliphatic heterocycles. The molecule has 0 saturated carbocycles. The van der Waals surface area contributed by atoms with Crippen LogP contribution in [0.5, 0.6) is 6.01 Å². The van der Waals surface area contributed by atoms with Crippen molar-refractivity contribution < 1.29 is 5.11 Å². The third-order valence-electron chi connectivity index (χ3n) is 3.29. The predicted molar refractivity (Wildman–Crippen MR) is 66.0 cm³/mol. The number of rotatable bonds is 1. The molecule has 1 fully saturated rings. The van der Waals surface area contributed by atoms with Gasteiger partial charge in [0.25, 0.3) is 0 Å². The van der Waals surface area contributed by atoms with Crippen molar-refractivity contribution in [3.05, 3.63) is 23.2 Å². The van der Waals surface area contributed by atoms with Crippen LogP contribution >= 0.6 is 11.6 Å². The number of nitrogens with zero attached hydrogens (tertiary/aromatic N) is 2. The number of hydrogen-bond acceptors (Lipinski definition) is 2. The summed E-state index contributed by atoms with van der Waals surface area (Å²) in [4.78, 5) is 4.05. The highest BCUT2D eigenvalue weighted by atomic mass is 35.5. The smallest absolute Gasteiger partial charge is 0.317 e. The minimum atomic E-state index is -0.158. The Morgan fingerprint density at radius 1 is 1.35 bits per heavy atom. The Kier molecular flexibility index (Phi) is 2.68. The van der Waals surface area contributed by atoms with Gasteiger partial charge in [0.05, 0.1) is 11.0 Å². The maximum absolute atomic E-state index is 11.9. The molecule has 4 nitrogen and oxygen atoms in total. The number of benzene rings is 1. The summed E-state index contributed by atoms with van der Waals surface area (Å²) in [6, 6.07) is 5.54. The zero-order valence-corrected chi connectivity index (χ0v) is 10.1. The normalized spacial score (nSPS) is 17.7. The van der Waals surface area contributed by atoms with Crippen LogP contribution in [0.15, 0.2) is 18.2 Å². The number of piperidine rings is 1. The molecule has 1 saturated heterocycles. The van der Waals surface area contributed by atoms with Crippen LogP contribution in [0.3, 0.4) is 0 Å². The monoisotopic (exact) mass is 250 g/mol. The van der Waals surface area contributed by atoms with Crippen LogP contribution < -0.4 is 5.32 Å². The van der Waals surface area contributed by atoms with E-state index in [2.05, 4.69) is 10.3 Å². The number of fused-ring (bicyclic) bond motifs is 1. The van der Waals surface area contributed by atoms with Crippen molar-refractivity contribution in [1.82, 2.24) is 14.9 Å². The van der Waals surface area contributed by atoms with Gasteiger partial charge in [-0.15, -0.1) is 0 Å². The molecule has 0 bridgehead atoms. The molecule has 1 aromatic carbocycles. The second-order valence-electron chi connectivity index (χ2n) is 4.38. The first-order chi connectivity index (χ1) is 8.25. The first kappa shape index (κ1) is 10.9. The average Bonchev–Trinajstić information content (AvgIpc) is 2.65. The summed E-state index contributed by atoms with van der Waals surface area (Å²) in [5, 5.41) is 15.9. The molecule has 0 amide bonds. The molecule has 17 heavy (non-hydrogen) atoms. The van der Waals surface area contributed by atoms with E-state index in [-0.39, 0.29) is 12.1 Å². The molecule has 5 heteroatoms. The van der Waals surface area contributed by atoms with E-state index in [9.17, 15) is 5.11 Å². The van der Waals surface area contributed by atoms with Gasteiger partial charge in [0.2, 0.25) is 0 Å². The number of halogens is 1. The van der Waals surface area contributed by atoms with Crippen LogP contribution in [-0.4, -0.2) is 22.6 Å². The maximum Gasteiger partial charge on any atom is 0.348 e. The zero-order valence-electron chi connectivity index (χ0n) is 9.32. The van der Waals surface area contributed by atoms with Crippen molar-refractivity contribution in [3.8, 4) is 6.01 Å². The first-order valence-corrected chi connectivity index (χ1v) is 6.19. The van der Waals surface area contributed by atoms with E-state index in [0.29, 0.717) is 10.5 Å². The van der Waals surface area contributed by atoms with Crippen molar-refractivity contribution in [1.29, 1.82) is 0 Å². The van der Waals surface area contributed by atoms with Crippen molar-refractivity contribution in [2.45, 2.75) is 18.9 Å². The molecule has 0 atom stereocenters. The Bertz CT molecular complexity index is 546. The SMILES string of the molecule is [O]c1nc2cc(Cl)ccc2n1C1CCNCC1. The standard InChI is InChI=1S/C12H13ClN3O/c13-8-1-2-11-10(7-8)15-12(17)16(11)9-3-5-14-6-4-9/h1-2,7,9,14H,3-6H2. The van der Waals surface area contributed by atoms with Crippen molar-refractivity contribution in [2.24, 2.45) is 0 Å². The van der Waals surface area contributed by atoms with Gasteiger partial charge in [-0.1, -0.05) is 11.6 Å². The highest BCUT2D eigenvalue weighted by Gasteiger charge is 2.21. The Morgan fingerprint density at radius 3 is 2.88 bits per heavy atom. The fourth-order valence-electron chi connectivity index (χ4n) is 2.47. The molecular weight excluding hydrogens is 238 g/mol. The summed E-state index contributed by atoms with van der Waals surface area (Å²) < 4.78 is 1.81. The predicted octanol–water partition coefficient (Wildman–Crippen LogP) is 2.76. The molecule has 2 heterocycles. The van der Waals surface area contributed by atoms with Gasteiger partial charge in [-0.2, -0.15) is 4.98 Å². The topological polar surface area (TPSA) is 49.8 Å². The van der Waals surface area contributed by atoms with Gasteiger partial charge in [0.1, 0.15) is 0 Å². The van der Waals surface area contributed by atoms with E-state index >= 15 is 0 Å². The molecule has 2 aromatic rings. The van der Waals surface area contributed by atoms with Crippen LogP contribution in [-0.2, 0) is 5.11 Å². The first-order valence-electron chi connectivity index (χ1n) is 5.81.